The number of nitrogens with one attached hydrogen (secondary N) is 1. The molecule has 1 rings (SSSR count). The quantitative estimate of drug-likeness (QED) is 0.730. The van der Waals surface area contributed by atoms with Gasteiger partial charge in [0.25, 0.3) is 0 Å². The molecule has 66 valence electrons. The van der Waals surface area contributed by atoms with Crippen LogP contribution >= 0.6 is 11.6 Å². The summed E-state index contributed by atoms with van der Waals surface area (Å²) >= 11 is 5.80. The van der Waals surface area contributed by atoms with Crippen molar-refractivity contribution in [3.63, 3.8) is 0 Å². The van der Waals surface area contributed by atoms with Crippen molar-refractivity contribution in [3.05, 3.63) is 24.0 Å². The summed E-state index contributed by atoms with van der Waals surface area (Å²) in [5.41, 5.74) is 2.26. The third kappa shape index (κ3) is 2.70. The second-order valence-corrected chi connectivity index (χ2v) is 3.60. The first kappa shape index (κ1) is 9.33. The van der Waals surface area contributed by atoms with Gasteiger partial charge in [0.15, 0.2) is 0 Å². The second kappa shape index (κ2) is 4.31. The third-order valence-electron chi connectivity index (χ3n) is 1.59. The number of hydrogen-bond acceptors (Lipinski definition) is 2. The van der Waals surface area contributed by atoms with Gasteiger partial charge in [0, 0.05) is 30.0 Å². The summed E-state index contributed by atoms with van der Waals surface area (Å²) < 4.78 is 0. The zero-order chi connectivity index (χ0) is 8.97. The molecule has 1 atom stereocenters. The van der Waals surface area contributed by atoms with Gasteiger partial charge in [-0.15, -0.1) is 11.6 Å². The molecule has 0 fully saturated rings. The van der Waals surface area contributed by atoms with Crippen LogP contribution in [0.4, 0.5) is 5.69 Å². The molecule has 3 heteroatoms. The van der Waals surface area contributed by atoms with E-state index in [1.165, 1.54) is 0 Å². The van der Waals surface area contributed by atoms with Crippen LogP contribution in [0.2, 0.25) is 0 Å². The highest BCUT2D eigenvalue weighted by molar-refractivity contribution is 6.20. The van der Waals surface area contributed by atoms with E-state index in [1.807, 2.05) is 26.1 Å². The first-order valence-electron chi connectivity index (χ1n) is 3.98. The number of hydrogen-bond donors (Lipinski definition) is 1. The zero-order valence-electron chi connectivity index (χ0n) is 7.34. The zero-order valence-corrected chi connectivity index (χ0v) is 8.10. The number of aromatic nitrogens is 1. The smallest absolute Gasteiger partial charge is 0.0480 e. The Kier molecular flexibility index (Phi) is 3.35. The molecule has 0 amide bonds. The number of halogens is 1. The third-order valence-corrected chi connectivity index (χ3v) is 1.75. The van der Waals surface area contributed by atoms with Crippen molar-refractivity contribution in [3.8, 4) is 0 Å². The van der Waals surface area contributed by atoms with E-state index < -0.39 is 0 Å². The van der Waals surface area contributed by atoms with E-state index in [9.17, 15) is 0 Å². The number of aryl methyl sites for hydroxylation is 1. The lowest BCUT2D eigenvalue weighted by Gasteiger charge is -2.09. The number of rotatable bonds is 3. The highest BCUT2D eigenvalue weighted by atomic mass is 35.5. The van der Waals surface area contributed by atoms with Gasteiger partial charge in [0.05, 0.1) is 0 Å². The van der Waals surface area contributed by atoms with E-state index in [4.69, 9.17) is 11.6 Å². The number of anilines is 1. The molecule has 0 radical (unpaired) electrons. The summed E-state index contributed by atoms with van der Waals surface area (Å²) in [5.74, 6) is 0. The average molecular weight is 185 g/mol. The van der Waals surface area contributed by atoms with Crippen LogP contribution in [-0.4, -0.2) is 16.9 Å². The molecule has 2 nitrogen and oxygen atoms in total. The van der Waals surface area contributed by atoms with E-state index in [0.29, 0.717) is 0 Å². The van der Waals surface area contributed by atoms with Gasteiger partial charge in [-0.2, -0.15) is 0 Å². The van der Waals surface area contributed by atoms with Gasteiger partial charge in [0.1, 0.15) is 0 Å². The Hall–Kier alpha value is -0.760. The average Bonchev–Trinajstić information content (AvgIpc) is 2.03. The van der Waals surface area contributed by atoms with Gasteiger partial charge in [-0.05, 0) is 25.5 Å². The van der Waals surface area contributed by atoms with Crippen molar-refractivity contribution in [1.82, 2.24) is 4.98 Å². The standard InChI is InChI=1S/C9H13ClN2/c1-7-5-11-4-3-9(7)12-6-8(2)10/h3-5,8H,6H2,1-2H3,(H,11,12). The topological polar surface area (TPSA) is 24.9 Å². The van der Waals surface area contributed by atoms with Crippen molar-refractivity contribution in [2.75, 3.05) is 11.9 Å². The lowest BCUT2D eigenvalue weighted by atomic mass is 10.2. The summed E-state index contributed by atoms with van der Waals surface area (Å²) in [6, 6.07) is 1.95. The van der Waals surface area contributed by atoms with E-state index >= 15 is 0 Å². The molecule has 0 saturated heterocycles. The summed E-state index contributed by atoms with van der Waals surface area (Å²) in [6.45, 7) is 4.77. The molecule has 1 heterocycles. The van der Waals surface area contributed by atoms with Crippen molar-refractivity contribution < 1.29 is 0 Å². The molecule has 1 N–H and O–H groups in total. The predicted octanol–water partition coefficient (Wildman–Crippen LogP) is 2.43. The van der Waals surface area contributed by atoms with Crippen LogP contribution in [-0.2, 0) is 0 Å². The van der Waals surface area contributed by atoms with Gasteiger partial charge in [-0.3, -0.25) is 4.98 Å². The van der Waals surface area contributed by atoms with E-state index in [1.54, 1.807) is 6.20 Å². The minimum absolute atomic E-state index is 0.151. The van der Waals surface area contributed by atoms with Crippen molar-refractivity contribution in [2.24, 2.45) is 0 Å². The predicted molar refractivity (Wildman–Crippen MR) is 52.8 cm³/mol. The molecule has 0 spiro atoms. The summed E-state index contributed by atoms with van der Waals surface area (Å²) in [7, 11) is 0. The molecule has 1 unspecified atom stereocenters. The van der Waals surface area contributed by atoms with Gasteiger partial charge in [-0.25, -0.2) is 0 Å². The summed E-state index contributed by atoms with van der Waals surface area (Å²) in [6.07, 6.45) is 3.61. The molecule has 0 saturated carbocycles. The number of alkyl halides is 1. The highest BCUT2D eigenvalue weighted by Gasteiger charge is 1.98. The SMILES string of the molecule is Cc1cnccc1NCC(C)Cl. The number of pyridine rings is 1. The fourth-order valence-corrected chi connectivity index (χ4v) is 0.999. The molecular weight excluding hydrogens is 172 g/mol. The molecule has 0 aliphatic heterocycles. The Morgan fingerprint density at radius 1 is 1.67 bits per heavy atom. The van der Waals surface area contributed by atoms with Crippen molar-refractivity contribution >= 4 is 17.3 Å². The van der Waals surface area contributed by atoms with Crippen LogP contribution < -0.4 is 5.32 Å². The minimum atomic E-state index is 0.151. The van der Waals surface area contributed by atoms with Crippen LogP contribution in [0, 0.1) is 6.92 Å². The van der Waals surface area contributed by atoms with E-state index in [2.05, 4.69) is 10.3 Å². The fraction of sp³-hybridized carbons (Fsp3) is 0.444. The van der Waals surface area contributed by atoms with Crippen LogP contribution in [0.3, 0.4) is 0 Å². The minimum Gasteiger partial charge on any atom is -0.383 e. The lowest BCUT2D eigenvalue weighted by Crippen LogP contribution is -2.11. The summed E-state index contributed by atoms with van der Waals surface area (Å²) in [5, 5.41) is 3.39. The van der Waals surface area contributed by atoms with Crippen LogP contribution in [0.25, 0.3) is 0 Å². The fourth-order valence-electron chi connectivity index (χ4n) is 0.922. The molecule has 0 bridgehead atoms. The van der Waals surface area contributed by atoms with Gasteiger partial charge in [-0.1, -0.05) is 0 Å². The Labute approximate surface area is 78.0 Å². The maximum Gasteiger partial charge on any atom is 0.0480 e. The van der Waals surface area contributed by atoms with Gasteiger partial charge >= 0.3 is 0 Å². The van der Waals surface area contributed by atoms with Crippen LogP contribution in [0.5, 0.6) is 0 Å². The Morgan fingerprint density at radius 3 is 3.00 bits per heavy atom. The maximum atomic E-state index is 5.80. The first-order valence-corrected chi connectivity index (χ1v) is 4.42. The molecular formula is C9H13ClN2. The molecule has 1 aromatic heterocycles. The van der Waals surface area contributed by atoms with Crippen LogP contribution in [0.15, 0.2) is 18.5 Å². The molecule has 0 aromatic carbocycles. The summed E-state index contributed by atoms with van der Waals surface area (Å²) in [4.78, 5) is 4.00. The van der Waals surface area contributed by atoms with E-state index in [0.717, 1.165) is 17.8 Å². The lowest BCUT2D eigenvalue weighted by molar-refractivity contribution is 0.984. The molecule has 12 heavy (non-hydrogen) atoms. The normalized spacial score (nSPS) is 12.6. The maximum absolute atomic E-state index is 5.80. The Balaban J connectivity index is 2.57. The first-order chi connectivity index (χ1) is 5.70. The van der Waals surface area contributed by atoms with Crippen molar-refractivity contribution in [1.29, 1.82) is 0 Å². The van der Waals surface area contributed by atoms with Crippen molar-refractivity contribution in [2.45, 2.75) is 19.2 Å². The molecule has 0 aliphatic rings. The Morgan fingerprint density at radius 2 is 2.42 bits per heavy atom. The highest BCUT2D eigenvalue weighted by Crippen LogP contribution is 2.11. The van der Waals surface area contributed by atoms with Crippen LogP contribution in [0.1, 0.15) is 12.5 Å². The van der Waals surface area contributed by atoms with Gasteiger partial charge in [0.2, 0.25) is 0 Å². The molecule has 1 aromatic rings. The number of nitrogens with zero attached hydrogens (tertiary/aromatic N) is 1. The largest absolute Gasteiger partial charge is 0.383 e. The van der Waals surface area contributed by atoms with E-state index in [-0.39, 0.29) is 5.38 Å². The Bertz CT molecular complexity index is 248. The van der Waals surface area contributed by atoms with Gasteiger partial charge < -0.3 is 5.32 Å². The monoisotopic (exact) mass is 184 g/mol. The molecule has 0 aliphatic carbocycles. The second-order valence-electron chi connectivity index (χ2n) is 2.85.